The van der Waals surface area contributed by atoms with Crippen LogP contribution in [0.2, 0.25) is 5.02 Å². The standard InChI is InChI=1S/C24H19BrClNO3S/c25-19-9-5-17(6-10-19)15-30-21-4-2-1-3-18(21)13-22-23(28)27(24(29)31-22)14-16-7-11-20(26)12-8-16/h1-12,22H,13-15H2/t22-/m0/s1. The topological polar surface area (TPSA) is 46.6 Å². The predicted molar refractivity (Wildman–Crippen MR) is 127 cm³/mol. The van der Waals surface area contributed by atoms with Crippen LogP contribution in [0.3, 0.4) is 0 Å². The summed E-state index contributed by atoms with van der Waals surface area (Å²) < 4.78 is 7.04. The van der Waals surface area contributed by atoms with E-state index in [2.05, 4.69) is 15.9 Å². The van der Waals surface area contributed by atoms with E-state index in [1.165, 1.54) is 4.90 Å². The molecule has 0 radical (unpaired) electrons. The molecule has 1 fully saturated rings. The molecule has 0 spiro atoms. The van der Waals surface area contributed by atoms with Crippen molar-refractivity contribution in [3.8, 4) is 5.75 Å². The minimum absolute atomic E-state index is 0.173. The van der Waals surface area contributed by atoms with Gasteiger partial charge in [-0.15, -0.1) is 0 Å². The number of halogens is 2. The summed E-state index contributed by atoms with van der Waals surface area (Å²) in [7, 11) is 0. The van der Waals surface area contributed by atoms with Crippen LogP contribution in [-0.2, 0) is 24.4 Å². The molecular formula is C24H19BrClNO3S. The Morgan fingerprint density at radius 1 is 0.935 bits per heavy atom. The molecule has 31 heavy (non-hydrogen) atoms. The monoisotopic (exact) mass is 515 g/mol. The van der Waals surface area contributed by atoms with Gasteiger partial charge in [-0.25, -0.2) is 0 Å². The molecule has 0 unspecified atom stereocenters. The van der Waals surface area contributed by atoms with Crippen LogP contribution in [-0.4, -0.2) is 21.3 Å². The molecule has 0 saturated carbocycles. The quantitative estimate of drug-likeness (QED) is 0.360. The summed E-state index contributed by atoms with van der Waals surface area (Å²) in [6, 6.07) is 22.8. The summed E-state index contributed by atoms with van der Waals surface area (Å²) in [5, 5.41) is -0.0646. The van der Waals surface area contributed by atoms with Crippen LogP contribution in [0.5, 0.6) is 5.75 Å². The molecule has 0 aromatic heterocycles. The zero-order chi connectivity index (χ0) is 21.8. The average molecular weight is 517 g/mol. The SMILES string of the molecule is O=C1S[C@@H](Cc2ccccc2OCc2ccc(Br)cc2)C(=O)N1Cc1ccc(Cl)cc1. The van der Waals surface area contributed by atoms with E-state index in [0.717, 1.165) is 38.7 Å². The molecule has 0 N–H and O–H groups in total. The molecular weight excluding hydrogens is 498 g/mol. The third-order valence-electron chi connectivity index (χ3n) is 4.94. The number of amides is 2. The van der Waals surface area contributed by atoms with Crippen molar-refractivity contribution in [2.45, 2.75) is 24.8 Å². The lowest BCUT2D eigenvalue weighted by Crippen LogP contribution is -2.31. The second-order valence-electron chi connectivity index (χ2n) is 7.15. The van der Waals surface area contributed by atoms with Crippen molar-refractivity contribution >= 4 is 50.4 Å². The van der Waals surface area contributed by atoms with Gasteiger partial charge in [0.1, 0.15) is 12.4 Å². The van der Waals surface area contributed by atoms with Gasteiger partial charge in [0.2, 0.25) is 5.91 Å². The number of para-hydroxylation sites is 1. The molecule has 3 aromatic rings. The summed E-state index contributed by atoms with van der Waals surface area (Å²) in [5.74, 6) is 0.551. The highest BCUT2D eigenvalue weighted by molar-refractivity contribution is 9.10. The van der Waals surface area contributed by atoms with E-state index < -0.39 is 5.25 Å². The number of ether oxygens (including phenoxy) is 1. The van der Waals surface area contributed by atoms with E-state index in [1.807, 2.05) is 60.7 Å². The lowest BCUT2D eigenvalue weighted by atomic mass is 10.1. The van der Waals surface area contributed by atoms with E-state index in [4.69, 9.17) is 16.3 Å². The highest BCUT2D eigenvalue weighted by atomic mass is 79.9. The second-order valence-corrected chi connectivity index (χ2v) is 9.66. The number of carbonyl (C=O) groups excluding carboxylic acids is 2. The average Bonchev–Trinajstić information content (AvgIpc) is 3.03. The Hall–Kier alpha value is -2.28. The summed E-state index contributed by atoms with van der Waals surface area (Å²) >= 11 is 10.4. The normalized spacial score (nSPS) is 16.1. The lowest BCUT2D eigenvalue weighted by molar-refractivity contribution is -0.127. The highest BCUT2D eigenvalue weighted by Crippen LogP contribution is 2.33. The maximum atomic E-state index is 12.9. The molecule has 1 heterocycles. The third kappa shape index (κ3) is 5.50. The molecule has 158 valence electrons. The predicted octanol–water partition coefficient (Wildman–Crippen LogP) is 6.49. The molecule has 4 rings (SSSR count). The van der Waals surface area contributed by atoms with Crippen LogP contribution >= 0.6 is 39.3 Å². The van der Waals surface area contributed by atoms with E-state index >= 15 is 0 Å². The first kappa shape index (κ1) is 21.9. The number of thioether (sulfide) groups is 1. The number of nitrogens with zero attached hydrogens (tertiary/aromatic N) is 1. The molecule has 1 saturated heterocycles. The maximum Gasteiger partial charge on any atom is 0.289 e. The summed E-state index contributed by atoms with van der Waals surface area (Å²) in [4.78, 5) is 26.7. The van der Waals surface area contributed by atoms with Crippen LogP contribution in [0.25, 0.3) is 0 Å². The van der Waals surface area contributed by atoms with Crippen LogP contribution in [0.1, 0.15) is 16.7 Å². The molecule has 3 aromatic carbocycles. The molecule has 4 nitrogen and oxygen atoms in total. The Morgan fingerprint density at radius 2 is 1.61 bits per heavy atom. The maximum absolute atomic E-state index is 12.9. The Morgan fingerprint density at radius 3 is 2.35 bits per heavy atom. The van der Waals surface area contributed by atoms with Crippen molar-refractivity contribution in [3.63, 3.8) is 0 Å². The molecule has 1 aliphatic heterocycles. The first-order chi connectivity index (χ1) is 15.0. The summed E-state index contributed by atoms with van der Waals surface area (Å²) in [5.41, 5.74) is 2.82. The van der Waals surface area contributed by atoms with Gasteiger partial charge in [0.15, 0.2) is 0 Å². The lowest BCUT2D eigenvalue weighted by Gasteiger charge is -2.15. The van der Waals surface area contributed by atoms with E-state index in [9.17, 15) is 9.59 Å². The van der Waals surface area contributed by atoms with Gasteiger partial charge in [-0.05, 0) is 53.4 Å². The Bertz CT molecular complexity index is 1090. The van der Waals surface area contributed by atoms with E-state index in [0.29, 0.717) is 18.1 Å². The van der Waals surface area contributed by atoms with E-state index in [-0.39, 0.29) is 17.7 Å². The van der Waals surface area contributed by atoms with Gasteiger partial charge in [-0.3, -0.25) is 14.5 Å². The zero-order valence-electron chi connectivity index (χ0n) is 16.5. The Kier molecular flexibility index (Phi) is 7.00. The fourth-order valence-corrected chi connectivity index (χ4v) is 4.70. The van der Waals surface area contributed by atoms with Gasteiger partial charge in [-0.1, -0.05) is 81.8 Å². The van der Waals surface area contributed by atoms with Gasteiger partial charge < -0.3 is 4.74 Å². The number of rotatable bonds is 7. The minimum atomic E-state index is -0.461. The second kappa shape index (κ2) is 9.90. The van der Waals surface area contributed by atoms with Crippen molar-refractivity contribution in [3.05, 3.63) is 99.0 Å². The van der Waals surface area contributed by atoms with Gasteiger partial charge in [0, 0.05) is 9.50 Å². The van der Waals surface area contributed by atoms with Crippen molar-refractivity contribution in [2.75, 3.05) is 0 Å². The first-order valence-electron chi connectivity index (χ1n) is 9.71. The number of imide groups is 1. The van der Waals surface area contributed by atoms with Crippen LogP contribution in [0.15, 0.2) is 77.3 Å². The Labute approximate surface area is 198 Å². The van der Waals surface area contributed by atoms with Crippen LogP contribution < -0.4 is 4.74 Å². The van der Waals surface area contributed by atoms with Crippen molar-refractivity contribution in [2.24, 2.45) is 0 Å². The fourth-order valence-electron chi connectivity index (χ4n) is 3.30. The number of hydrogen-bond donors (Lipinski definition) is 0. The molecule has 7 heteroatoms. The number of hydrogen-bond acceptors (Lipinski definition) is 4. The van der Waals surface area contributed by atoms with Gasteiger partial charge >= 0.3 is 0 Å². The molecule has 0 aliphatic carbocycles. The third-order valence-corrected chi connectivity index (χ3v) is 6.80. The zero-order valence-corrected chi connectivity index (χ0v) is 19.6. The van der Waals surface area contributed by atoms with Gasteiger partial charge in [0.05, 0.1) is 11.8 Å². The van der Waals surface area contributed by atoms with Crippen molar-refractivity contribution < 1.29 is 14.3 Å². The molecule has 2 amide bonds. The van der Waals surface area contributed by atoms with Crippen molar-refractivity contribution in [1.82, 2.24) is 4.90 Å². The van der Waals surface area contributed by atoms with Gasteiger partial charge in [0.25, 0.3) is 5.24 Å². The molecule has 0 bridgehead atoms. The number of benzene rings is 3. The van der Waals surface area contributed by atoms with Gasteiger partial charge in [-0.2, -0.15) is 0 Å². The van der Waals surface area contributed by atoms with Crippen molar-refractivity contribution in [1.29, 1.82) is 0 Å². The molecule has 1 aliphatic rings. The minimum Gasteiger partial charge on any atom is -0.489 e. The smallest absolute Gasteiger partial charge is 0.289 e. The van der Waals surface area contributed by atoms with Crippen LogP contribution in [0, 0.1) is 0 Å². The molecule has 1 atom stereocenters. The first-order valence-corrected chi connectivity index (χ1v) is 11.8. The fraction of sp³-hybridized carbons (Fsp3) is 0.167. The largest absolute Gasteiger partial charge is 0.489 e. The number of carbonyl (C=O) groups is 2. The summed E-state index contributed by atoms with van der Waals surface area (Å²) in [6.45, 7) is 0.678. The summed E-state index contributed by atoms with van der Waals surface area (Å²) in [6.07, 6.45) is 0.433. The van der Waals surface area contributed by atoms with Crippen LogP contribution in [0.4, 0.5) is 4.79 Å². The Balaban J connectivity index is 1.43. The highest BCUT2D eigenvalue weighted by Gasteiger charge is 2.39. The van der Waals surface area contributed by atoms with E-state index in [1.54, 1.807) is 12.1 Å².